The summed E-state index contributed by atoms with van der Waals surface area (Å²) >= 11 is 0. The second kappa shape index (κ2) is 5.29. The number of hydrogen-bond donors (Lipinski definition) is 1. The Labute approximate surface area is 99.8 Å². The van der Waals surface area contributed by atoms with Crippen molar-refractivity contribution in [2.75, 3.05) is 19.7 Å². The molecule has 0 spiro atoms. The molecule has 1 aliphatic rings. The van der Waals surface area contributed by atoms with Crippen LogP contribution in [0.2, 0.25) is 0 Å². The lowest BCUT2D eigenvalue weighted by Crippen LogP contribution is -2.43. The van der Waals surface area contributed by atoms with Crippen LogP contribution in [0.25, 0.3) is 0 Å². The number of aromatic nitrogens is 2. The van der Waals surface area contributed by atoms with Crippen LogP contribution in [0.1, 0.15) is 12.1 Å². The summed E-state index contributed by atoms with van der Waals surface area (Å²) in [6.07, 6.45) is 3.48. The van der Waals surface area contributed by atoms with Gasteiger partial charge in [0, 0.05) is 32.9 Å². The summed E-state index contributed by atoms with van der Waals surface area (Å²) in [5.74, 6) is -0.808. The molecule has 0 bridgehead atoms. The molecule has 17 heavy (non-hydrogen) atoms. The Kier molecular flexibility index (Phi) is 3.75. The lowest BCUT2D eigenvalue weighted by Gasteiger charge is -2.32. The summed E-state index contributed by atoms with van der Waals surface area (Å²) in [7, 11) is 1.96. The van der Waals surface area contributed by atoms with E-state index < -0.39 is 5.97 Å². The van der Waals surface area contributed by atoms with E-state index in [1.165, 1.54) is 0 Å². The number of morpholine rings is 1. The van der Waals surface area contributed by atoms with E-state index in [0.717, 1.165) is 18.8 Å². The first kappa shape index (κ1) is 12.1. The van der Waals surface area contributed by atoms with E-state index in [1.807, 2.05) is 17.8 Å². The number of rotatable bonds is 4. The molecule has 1 unspecified atom stereocenters. The van der Waals surface area contributed by atoms with Gasteiger partial charge in [0.1, 0.15) is 0 Å². The summed E-state index contributed by atoms with van der Waals surface area (Å²) < 4.78 is 7.40. The zero-order chi connectivity index (χ0) is 12.3. The molecule has 0 aliphatic carbocycles. The molecule has 0 amide bonds. The van der Waals surface area contributed by atoms with Gasteiger partial charge in [0.05, 0.1) is 31.2 Å². The van der Waals surface area contributed by atoms with Gasteiger partial charge in [0.2, 0.25) is 0 Å². The summed E-state index contributed by atoms with van der Waals surface area (Å²) in [5.41, 5.74) is 1.13. The van der Waals surface area contributed by atoms with Crippen LogP contribution in [-0.4, -0.2) is 51.3 Å². The second-order valence-corrected chi connectivity index (χ2v) is 4.32. The fraction of sp³-hybridized carbons (Fsp3) is 0.636. The molecule has 0 radical (unpaired) electrons. The average molecular weight is 239 g/mol. The van der Waals surface area contributed by atoms with Crippen molar-refractivity contribution in [3.8, 4) is 0 Å². The summed E-state index contributed by atoms with van der Waals surface area (Å²) in [6.45, 7) is 2.88. The first-order valence-corrected chi connectivity index (χ1v) is 5.66. The van der Waals surface area contributed by atoms with E-state index in [1.54, 1.807) is 6.33 Å². The minimum absolute atomic E-state index is 0.0713. The van der Waals surface area contributed by atoms with Crippen molar-refractivity contribution in [2.45, 2.75) is 19.1 Å². The lowest BCUT2D eigenvalue weighted by atomic mass is 10.2. The zero-order valence-electron chi connectivity index (χ0n) is 9.87. The van der Waals surface area contributed by atoms with E-state index in [2.05, 4.69) is 9.88 Å². The Morgan fingerprint density at radius 3 is 3.18 bits per heavy atom. The largest absolute Gasteiger partial charge is 0.481 e. The minimum Gasteiger partial charge on any atom is -0.481 e. The molecule has 2 heterocycles. The van der Waals surface area contributed by atoms with Crippen molar-refractivity contribution in [1.29, 1.82) is 0 Å². The molecule has 1 aromatic rings. The van der Waals surface area contributed by atoms with Gasteiger partial charge >= 0.3 is 5.97 Å². The van der Waals surface area contributed by atoms with Gasteiger partial charge < -0.3 is 14.4 Å². The molecule has 1 aromatic heterocycles. The Hall–Kier alpha value is -1.40. The molecule has 1 aliphatic heterocycles. The minimum atomic E-state index is -0.808. The van der Waals surface area contributed by atoms with E-state index >= 15 is 0 Å². The highest BCUT2D eigenvalue weighted by molar-refractivity contribution is 5.67. The van der Waals surface area contributed by atoms with Gasteiger partial charge in [-0.05, 0) is 0 Å². The molecular formula is C11H17N3O3. The number of ether oxygens (including phenoxy) is 1. The quantitative estimate of drug-likeness (QED) is 0.807. The van der Waals surface area contributed by atoms with E-state index in [9.17, 15) is 4.79 Å². The third kappa shape index (κ3) is 3.28. The van der Waals surface area contributed by atoms with Gasteiger partial charge in [0.15, 0.2) is 0 Å². The molecule has 0 aromatic carbocycles. The van der Waals surface area contributed by atoms with Gasteiger partial charge in [0.25, 0.3) is 0 Å². The maximum absolute atomic E-state index is 10.6. The molecule has 1 atom stereocenters. The van der Waals surface area contributed by atoms with Crippen LogP contribution in [0.15, 0.2) is 12.5 Å². The molecule has 6 heteroatoms. The smallest absolute Gasteiger partial charge is 0.306 e. The van der Waals surface area contributed by atoms with Crippen LogP contribution < -0.4 is 0 Å². The average Bonchev–Trinajstić information content (AvgIpc) is 2.64. The van der Waals surface area contributed by atoms with Crippen molar-refractivity contribution in [2.24, 2.45) is 7.05 Å². The fourth-order valence-electron chi connectivity index (χ4n) is 2.01. The highest BCUT2D eigenvalue weighted by atomic mass is 16.5. The highest BCUT2D eigenvalue weighted by Gasteiger charge is 2.23. The van der Waals surface area contributed by atoms with Crippen LogP contribution in [-0.2, 0) is 23.1 Å². The van der Waals surface area contributed by atoms with Crippen molar-refractivity contribution < 1.29 is 14.6 Å². The van der Waals surface area contributed by atoms with Crippen LogP contribution >= 0.6 is 0 Å². The van der Waals surface area contributed by atoms with Crippen molar-refractivity contribution in [3.63, 3.8) is 0 Å². The molecular weight excluding hydrogens is 222 g/mol. The third-order valence-electron chi connectivity index (χ3n) is 2.93. The van der Waals surface area contributed by atoms with Crippen LogP contribution in [0.4, 0.5) is 0 Å². The maximum Gasteiger partial charge on any atom is 0.306 e. The number of aliphatic carboxylic acids is 1. The normalized spacial score (nSPS) is 21.6. The van der Waals surface area contributed by atoms with E-state index in [-0.39, 0.29) is 12.5 Å². The van der Waals surface area contributed by atoms with Gasteiger partial charge in [-0.25, -0.2) is 4.98 Å². The number of aryl methyl sites for hydroxylation is 1. The molecule has 6 nitrogen and oxygen atoms in total. The number of carboxylic acids is 1. The Balaban J connectivity index is 1.89. The number of carbonyl (C=O) groups is 1. The Morgan fingerprint density at radius 1 is 1.71 bits per heavy atom. The van der Waals surface area contributed by atoms with Crippen molar-refractivity contribution >= 4 is 5.97 Å². The second-order valence-electron chi connectivity index (χ2n) is 4.32. The number of hydrogen-bond acceptors (Lipinski definition) is 4. The summed E-state index contributed by atoms with van der Waals surface area (Å²) in [4.78, 5) is 16.9. The first-order chi connectivity index (χ1) is 8.15. The summed E-state index contributed by atoms with van der Waals surface area (Å²) in [6, 6.07) is 0. The number of carboxylic acid groups (broad SMARTS) is 1. The zero-order valence-corrected chi connectivity index (χ0v) is 9.87. The third-order valence-corrected chi connectivity index (χ3v) is 2.93. The topological polar surface area (TPSA) is 67.6 Å². The molecule has 0 saturated carbocycles. The standard InChI is InChI=1S/C11H17N3O3/c1-13-8-12-5-9(13)6-14-2-3-17-10(7-14)4-11(15)16/h5,8,10H,2-4,6-7H2,1H3,(H,15,16). The van der Waals surface area contributed by atoms with Gasteiger partial charge in [-0.15, -0.1) is 0 Å². The summed E-state index contributed by atoms with van der Waals surface area (Å²) in [5, 5.41) is 8.74. The Morgan fingerprint density at radius 2 is 2.53 bits per heavy atom. The molecule has 1 N–H and O–H groups in total. The fourth-order valence-corrected chi connectivity index (χ4v) is 2.01. The number of nitrogens with zero attached hydrogens (tertiary/aromatic N) is 3. The van der Waals surface area contributed by atoms with Crippen molar-refractivity contribution in [3.05, 3.63) is 18.2 Å². The van der Waals surface area contributed by atoms with E-state index in [4.69, 9.17) is 9.84 Å². The lowest BCUT2D eigenvalue weighted by molar-refractivity contribution is -0.142. The SMILES string of the molecule is Cn1cncc1CN1CCOC(CC(=O)O)C1. The molecule has 1 saturated heterocycles. The van der Waals surface area contributed by atoms with Crippen LogP contribution in [0, 0.1) is 0 Å². The van der Waals surface area contributed by atoms with Crippen LogP contribution in [0.3, 0.4) is 0 Å². The molecule has 1 fully saturated rings. The van der Waals surface area contributed by atoms with Gasteiger partial charge in [-0.3, -0.25) is 9.69 Å². The molecule has 2 rings (SSSR count). The number of imidazole rings is 1. The Bertz CT molecular complexity index is 391. The first-order valence-electron chi connectivity index (χ1n) is 5.66. The van der Waals surface area contributed by atoms with E-state index in [0.29, 0.717) is 13.2 Å². The van der Waals surface area contributed by atoms with Crippen LogP contribution in [0.5, 0.6) is 0 Å². The van der Waals surface area contributed by atoms with Gasteiger partial charge in [-0.1, -0.05) is 0 Å². The highest BCUT2D eigenvalue weighted by Crippen LogP contribution is 2.12. The predicted octanol–water partition coefficient (Wildman–Crippen LogP) is 0.0956. The maximum atomic E-state index is 10.6. The molecule has 94 valence electrons. The van der Waals surface area contributed by atoms with Gasteiger partial charge in [-0.2, -0.15) is 0 Å². The van der Waals surface area contributed by atoms with Crippen molar-refractivity contribution in [1.82, 2.24) is 14.5 Å². The predicted molar refractivity (Wildman–Crippen MR) is 60.5 cm³/mol. The monoisotopic (exact) mass is 239 g/mol.